The molecule has 0 spiro atoms. The molecule has 3 heterocycles. The average molecular weight is 435 g/mol. The summed E-state index contributed by atoms with van der Waals surface area (Å²) in [5.74, 6) is 3.47. The zero-order valence-corrected chi connectivity index (χ0v) is 17.6. The SMILES string of the molecule is COc1cc(C2=CN=C3[N]C(=O)N=C3N2Cc2ccc3c(c2)OCO3)cc(OC)c1OC. The van der Waals surface area contributed by atoms with Gasteiger partial charge in [-0.1, -0.05) is 6.07 Å². The molecule has 2 aromatic rings. The number of nitrogens with zero attached hydrogens (tertiary/aromatic N) is 4. The molecule has 1 radical (unpaired) electrons. The number of amides is 2. The van der Waals surface area contributed by atoms with Gasteiger partial charge in [-0.2, -0.15) is 10.3 Å². The number of hydrogen-bond acceptors (Lipinski definition) is 8. The van der Waals surface area contributed by atoms with Gasteiger partial charge in [0.15, 0.2) is 28.8 Å². The Morgan fingerprint density at radius 3 is 2.47 bits per heavy atom. The fraction of sp³-hybridized carbons (Fsp3) is 0.227. The molecule has 5 rings (SSSR count). The van der Waals surface area contributed by atoms with Crippen LogP contribution in [0.5, 0.6) is 28.7 Å². The first-order valence-corrected chi connectivity index (χ1v) is 9.70. The van der Waals surface area contributed by atoms with Crippen molar-refractivity contribution in [1.29, 1.82) is 0 Å². The second-order valence-corrected chi connectivity index (χ2v) is 6.98. The number of ether oxygens (including phenoxy) is 5. The summed E-state index contributed by atoms with van der Waals surface area (Å²) in [6.45, 7) is 0.579. The molecule has 163 valence electrons. The van der Waals surface area contributed by atoms with Gasteiger partial charge in [0.25, 0.3) is 0 Å². The molecule has 0 bridgehead atoms. The third-order valence-corrected chi connectivity index (χ3v) is 5.20. The molecule has 0 atom stereocenters. The number of rotatable bonds is 6. The van der Waals surface area contributed by atoms with E-state index < -0.39 is 6.03 Å². The third kappa shape index (κ3) is 3.25. The standard InChI is InChI=1S/C22H19N4O6/c1-28-17-7-13(8-18(29-2)19(17)30-3)14-9-23-20-21(25-22(27)24-20)26(14)10-12-4-5-15-16(6-12)32-11-31-15/h4-9H,10-11H2,1-3H3. The number of carbonyl (C=O) groups is 1. The van der Waals surface area contributed by atoms with Gasteiger partial charge in [0.05, 0.1) is 33.2 Å². The highest BCUT2D eigenvalue weighted by Gasteiger charge is 2.34. The van der Waals surface area contributed by atoms with Crippen molar-refractivity contribution < 1.29 is 28.5 Å². The van der Waals surface area contributed by atoms with Gasteiger partial charge in [-0.15, -0.1) is 0 Å². The number of aliphatic imine (C=N–C) groups is 2. The van der Waals surface area contributed by atoms with Crippen LogP contribution < -0.4 is 29.0 Å². The topological polar surface area (TPSA) is 105 Å². The first-order valence-electron chi connectivity index (χ1n) is 9.70. The molecule has 0 fully saturated rings. The molecule has 0 aliphatic carbocycles. The second-order valence-electron chi connectivity index (χ2n) is 6.98. The number of methoxy groups -OCH3 is 3. The summed E-state index contributed by atoms with van der Waals surface area (Å²) in [6.07, 6.45) is 1.64. The van der Waals surface area contributed by atoms with Gasteiger partial charge in [-0.25, -0.2) is 9.79 Å². The van der Waals surface area contributed by atoms with E-state index in [4.69, 9.17) is 23.7 Å². The van der Waals surface area contributed by atoms with Crippen LogP contribution >= 0.6 is 0 Å². The van der Waals surface area contributed by atoms with Crippen molar-refractivity contribution in [2.24, 2.45) is 9.98 Å². The molecule has 0 N–H and O–H groups in total. The molecule has 0 saturated carbocycles. The van der Waals surface area contributed by atoms with Crippen molar-refractivity contribution in [2.45, 2.75) is 6.54 Å². The lowest BCUT2D eigenvalue weighted by atomic mass is 10.1. The summed E-state index contributed by atoms with van der Waals surface area (Å²) in [4.78, 5) is 22.2. The molecule has 3 aliphatic heterocycles. The maximum atomic E-state index is 11.9. The van der Waals surface area contributed by atoms with E-state index in [1.165, 1.54) is 0 Å². The first kappa shape index (κ1) is 19.7. The average Bonchev–Trinajstić information content (AvgIpc) is 3.43. The van der Waals surface area contributed by atoms with E-state index in [9.17, 15) is 4.79 Å². The van der Waals surface area contributed by atoms with Crippen LogP contribution in [-0.2, 0) is 6.54 Å². The van der Waals surface area contributed by atoms with Crippen LogP contribution in [0.2, 0.25) is 0 Å². The minimum Gasteiger partial charge on any atom is -0.493 e. The quantitative estimate of drug-likeness (QED) is 0.687. The first-order chi connectivity index (χ1) is 15.6. The molecule has 0 aromatic heterocycles. The van der Waals surface area contributed by atoms with Gasteiger partial charge < -0.3 is 28.6 Å². The van der Waals surface area contributed by atoms with E-state index in [1.54, 1.807) is 27.5 Å². The maximum absolute atomic E-state index is 11.9. The van der Waals surface area contributed by atoms with Crippen molar-refractivity contribution >= 4 is 23.4 Å². The minimum atomic E-state index is -0.589. The Hall–Kier alpha value is -4.21. The van der Waals surface area contributed by atoms with E-state index in [2.05, 4.69) is 15.3 Å². The maximum Gasteiger partial charge on any atom is 0.371 e. The summed E-state index contributed by atoms with van der Waals surface area (Å²) in [6, 6.07) is 8.72. The zero-order chi connectivity index (χ0) is 22.2. The van der Waals surface area contributed by atoms with Crippen LogP contribution in [0, 0.1) is 0 Å². The minimum absolute atomic E-state index is 0.190. The molecule has 2 aromatic carbocycles. The largest absolute Gasteiger partial charge is 0.493 e. The number of carbonyl (C=O) groups excluding carboxylic acids is 1. The zero-order valence-electron chi connectivity index (χ0n) is 17.6. The Kier molecular flexibility index (Phi) is 4.81. The molecule has 0 saturated heterocycles. The van der Waals surface area contributed by atoms with Gasteiger partial charge in [0.1, 0.15) is 0 Å². The van der Waals surface area contributed by atoms with E-state index in [1.807, 2.05) is 35.2 Å². The van der Waals surface area contributed by atoms with Crippen LogP contribution in [-0.4, -0.2) is 50.7 Å². The number of urea groups is 1. The van der Waals surface area contributed by atoms with Crippen LogP contribution in [0.15, 0.2) is 46.5 Å². The Labute approximate surface area is 183 Å². The van der Waals surface area contributed by atoms with E-state index in [0.717, 1.165) is 11.1 Å². The summed E-state index contributed by atoms with van der Waals surface area (Å²) in [5, 5.41) is 3.89. The lowest BCUT2D eigenvalue weighted by Gasteiger charge is -2.29. The van der Waals surface area contributed by atoms with Gasteiger partial charge >= 0.3 is 6.03 Å². The molecule has 0 unspecified atom stereocenters. The van der Waals surface area contributed by atoms with Crippen molar-refractivity contribution in [2.75, 3.05) is 28.1 Å². The Morgan fingerprint density at radius 1 is 1.00 bits per heavy atom. The van der Waals surface area contributed by atoms with Gasteiger partial charge in [-0.3, -0.25) is 0 Å². The van der Waals surface area contributed by atoms with E-state index >= 15 is 0 Å². The fourth-order valence-electron chi connectivity index (χ4n) is 3.72. The second kappa shape index (κ2) is 7.80. The predicted octanol–water partition coefficient (Wildman–Crippen LogP) is 2.79. The lowest BCUT2D eigenvalue weighted by molar-refractivity contribution is 0.174. The van der Waals surface area contributed by atoms with Gasteiger partial charge in [0, 0.05) is 12.1 Å². The summed E-state index contributed by atoms with van der Waals surface area (Å²) < 4.78 is 27.3. The van der Waals surface area contributed by atoms with Crippen LogP contribution in [0.25, 0.3) is 5.70 Å². The molecular formula is C22H19N4O6. The summed E-state index contributed by atoms with van der Waals surface area (Å²) >= 11 is 0. The highest BCUT2D eigenvalue weighted by Crippen LogP contribution is 2.41. The fourth-order valence-corrected chi connectivity index (χ4v) is 3.72. The monoisotopic (exact) mass is 435 g/mol. The van der Waals surface area contributed by atoms with E-state index in [-0.39, 0.29) is 12.6 Å². The third-order valence-electron chi connectivity index (χ3n) is 5.20. The smallest absolute Gasteiger partial charge is 0.371 e. The Bertz CT molecular complexity index is 1180. The van der Waals surface area contributed by atoms with Gasteiger partial charge in [0.2, 0.25) is 18.4 Å². The van der Waals surface area contributed by atoms with Crippen LogP contribution in [0.1, 0.15) is 11.1 Å². The normalized spacial score (nSPS) is 16.0. The summed E-state index contributed by atoms with van der Waals surface area (Å²) in [7, 11) is 4.65. The predicted molar refractivity (Wildman–Crippen MR) is 115 cm³/mol. The Balaban J connectivity index is 1.58. The van der Waals surface area contributed by atoms with Crippen molar-refractivity contribution in [3.05, 3.63) is 47.7 Å². The molecule has 10 nitrogen and oxygen atoms in total. The highest BCUT2D eigenvalue weighted by molar-refractivity contribution is 6.49. The molecule has 32 heavy (non-hydrogen) atoms. The number of benzene rings is 2. The molecular weight excluding hydrogens is 416 g/mol. The molecule has 10 heteroatoms. The molecule has 2 amide bonds. The summed E-state index contributed by atoms with van der Waals surface area (Å²) in [5.41, 5.74) is 2.36. The molecule has 3 aliphatic rings. The van der Waals surface area contributed by atoms with Crippen LogP contribution in [0.4, 0.5) is 4.79 Å². The van der Waals surface area contributed by atoms with Gasteiger partial charge in [-0.05, 0) is 29.8 Å². The van der Waals surface area contributed by atoms with Crippen molar-refractivity contribution in [1.82, 2.24) is 10.2 Å². The van der Waals surface area contributed by atoms with Crippen LogP contribution in [0.3, 0.4) is 0 Å². The van der Waals surface area contributed by atoms with E-state index in [0.29, 0.717) is 46.8 Å². The van der Waals surface area contributed by atoms with Crippen molar-refractivity contribution in [3.63, 3.8) is 0 Å². The lowest BCUT2D eigenvalue weighted by Crippen LogP contribution is -2.37. The Morgan fingerprint density at radius 2 is 1.75 bits per heavy atom. The number of amidine groups is 2. The number of fused-ring (bicyclic) bond motifs is 2. The number of hydrogen-bond donors (Lipinski definition) is 0. The highest BCUT2D eigenvalue weighted by atomic mass is 16.7. The van der Waals surface area contributed by atoms with Crippen molar-refractivity contribution in [3.8, 4) is 28.7 Å².